The summed E-state index contributed by atoms with van der Waals surface area (Å²) < 4.78 is 0. The highest BCUT2D eigenvalue weighted by molar-refractivity contribution is 7.99. The van der Waals surface area contributed by atoms with Crippen LogP contribution in [0.3, 0.4) is 0 Å². The number of fused-ring (bicyclic) bond motifs is 1. The number of rotatable bonds is 4. The first-order chi connectivity index (χ1) is 9.78. The van der Waals surface area contributed by atoms with E-state index in [2.05, 4.69) is 24.9 Å². The molecule has 0 aromatic carbocycles. The maximum atomic E-state index is 9.72. The van der Waals surface area contributed by atoms with E-state index in [1.54, 1.807) is 12.5 Å². The summed E-state index contributed by atoms with van der Waals surface area (Å²) in [4.78, 5) is 20.7. The molecule has 102 valence electrons. The molecule has 0 aliphatic rings. The van der Waals surface area contributed by atoms with Crippen LogP contribution in [0.2, 0.25) is 0 Å². The molecule has 0 fully saturated rings. The van der Waals surface area contributed by atoms with Crippen LogP contribution in [0.5, 0.6) is 0 Å². The highest BCUT2D eigenvalue weighted by atomic mass is 32.2. The molecule has 20 heavy (non-hydrogen) atoms. The molecule has 7 heteroatoms. The lowest BCUT2D eigenvalue weighted by atomic mass is 10.2. The van der Waals surface area contributed by atoms with Gasteiger partial charge in [-0.05, 0) is 18.6 Å². The zero-order valence-electron chi connectivity index (χ0n) is 10.8. The summed E-state index contributed by atoms with van der Waals surface area (Å²) in [6, 6.07) is 3.76. The number of aliphatic hydroxyl groups is 1. The van der Waals surface area contributed by atoms with Crippen LogP contribution < -0.4 is 0 Å². The number of nitrogens with one attached hydrogen (secondary N) is 1. The molecule has 3 heterocycles. The van der Waals surface area contributed by atoms with Crippen LogP contribution in [0.1, 0.15) is 25.1 Å². The highest BCUT2D eigenvalue weighted by Crippen LogP contribution is 2.29. The number of imidazole rings is 1. The Morgan fingerprint density at radius 1 is 1.25 bits per heavy atom. The van der Waals surface area contributed by atoms with Gasteiger partial charge in [-0.15, -0.1) is 0 Å². The molecule has 6 nitrogen and oxygen atoms in total. The van der Waals surface area contributed by atoms with E-state index >= 15 is 0 Å². The Balaban J connectivity index is 1.86. The minimum absolute atomic E-state index is 0.507. The second-order valence-corrected chi connectivity index (χ2v) is 5.29. The second kappa shape index (κ2) is 5.56. The van der Waals surface area contributed by atoms with Crippen LogP contribution in [0.15, 0.2) is 40.9 Å². The average molecular weight is 287 g/mol. The topological polar surface area (TPSA) is 87.6 Å². The van der Waals surface area contributed by atoms with Gasteiger partial charge in [0.15, 0.2) is 5.65 Å². The monoisotopic (exact) mass is 287 g/mol. The highest BCUT2D eigenvalue weighted by Gasteiger charge is 2.09. The Morgan fingerprint density at radius 3 is 2.90 bits per heavy atom. The molecule has 2 N–H and O–H groups in total. The second-order valence-electron chi connectivity index (χ2n) is 4.22. The van der Waals surface area contributed by atoms with Crippen LogP contribution in [0.4, 0.5) is 0 Å². The first-order valence-corrected chi connectivity index (χ1v) is 7.05. The Morgan fingerprint density at radius 2 is 2.15 bits per heavy atom. The number of hydrogen-bond acceptors (Lipinski definition) is 6. The average Bonchev–Trinajstić information content (AvgIpc) is 2.97. The first kappa shape index (κ1) is 13.0. The van der Waals surface area contributed by atoms with Gasteiger partial charge in [0, 0.05) is 11.1 Å². The van der Waals surface area contributed by atoms with Gasteiger partial charge in [0.2, 0.25) is 0 Å². The van der Waals surface area contributed by atoms with Gasteiger partial charge in [0.1, 0.15) is 16.9 Å². The zero-order valence-corrected chi connectivity index (χ0v) is 11.6. The zero-order chi connectivity index (χ0) is 13.9. The minimum Gasteiger partial charge on any atom is -0.387 e. The number of aromatic amines is 1. The Bertz CT molecular complexity index is 712. The molecule has 3 aromatic rings. The van der Waals surface area contributed by atoms with Gasteiger partial charge in [-0.3, -0.25) is 4.98 Å². The molecule has 0 bridgehead atoms. The van der Waals surface area contributed by atoms with E-state index in [-0.39, 0.29) is 0 Å². The number of aliphatic hydroxyl groups excluding tert-OH is 1. The SMILES string of the molecule is CCC(O)c1ccc(Sc2ncnc3nc[nH]c23)cn1. The van der Waals surface area contributed by atoms with Crippen molar-refractivity contribution < 1.29 is 5.11 Å². The summed E-state index contributed by atoms with van der Waals surface area (Å²) >= 11 is 1.48. The van der Waals surface area contributed by atoms with Gasteiger partial charge < -0.3 is 10.1 Å². The fourth-order valence-electron chi connectivity index (χ4n) is 1.79. The van der Waals surface area contributed by atoms with Gasteiger partial charge in [-0.25, -0.2) is 15.0 Å². The van der Waals surface area contributed by atoms with Crippen molar-refractivity contribution in [3.63, 3.8) is 0 Å². The normalized spacial score (nSPS) is 12.7. The predicted molar refractivity (Wildman–Crippen MR) is 75.3 cm³/mol. The predicted octanol–water partition coefficient (Wildman–Crippen LogP) is 2.34. The molecule has 0 saturated heterocycles. The molecular weight excluding hydrogens is 274 g/mol. The molecule has 0 aliphatic heterocycles. The molecule has 0 aliphatic carbocycles. The fourth-order valence-corrected chi connectivity index (χ4v) is 2.61. The third-order valence-corrected chi connectivity index (χ3v) is 3.87. The Hall–Kier alpha value is -1.99. The van der Waals surface area contributed by atoms with Crippen molar-refractivity contribution in [2.24, 2.45) is 0 Å². The lowest BCUT2D eigenvalue weighted by Crippen LogP contribution is -1.98. The van der Waals surface area contributed by atoms with Crippen LogP contribution in [0.25, 0.3) is 11.2 Å². The molecule has 0 spiro atoms. The maximum absolute atomic E-state index is 9.72. The van der Waals surface area contributed by atoms with Crippen molar-refractivity contribution in [2.75, 3.05) is 0 Å². The molecule has 0 radical (unpaired) electrons. The van der Waals surface area contributed by atoms with E-state index in [1.165, 1.54) is 18.1 Å². The van der Waals surface area contributed by atoms with E-state index in [9.17, 15) is 5.11 Å². The third kappa shape index (κ3) is 2.50. The standard InChI is InChI=1S/C13H13N5OS/c1-2-10(19)9-4-3-8(5-14-9)20-13-11-12(16-6-15-11)17-7-18-13/h3-7,10,19H,2H2,1H3,(H,15,16,17,18). The van der Waals surface area contributed by atoms with Crippen LogP contribution in [-0.4, -0.2) is 30.0 Å². The van der Waals surface area contributed by atoms with Crippen LogP contribution in [0, 0.1) is 0 Å². The fraction of sp³-hybridized carbons (Fsp3) is 0.231. The molecule has 0 saturated carbocycles. The molecule has 3 rings (SSSR count). The molecule has 3 aromatic heterocycles. The van der Waals surface area contributed by atoms with Crippen molar-refractivity contribution in [1.29, 1.82) is 0 Å². The summed E-state index contributed by atoms with van der Waals surface area (Å²) in [5.74, 6) is 0. The first-order valence-electron chi connectivity index (χ1n) is 6.24. The lowest BCUT2D eigenvalue weighted by molar-refractivity contribution is 0.169. The number of pyridine rings is 1. The smallest absolute Gasteiger partial charge is 0.181 e. The lowest BCUT2D eigenvalue weighted by Gasteiger charge is -2.07. The van der Waals surface area contributed by atoms with Crippen molar-refractivity contribution >= 4 is 22.9 Å². The molecule has 0 amide bonds. The van der Waals surface area contributed by atoms with Crippen molar-refractivity contribution in [2.45, 2.75) is 29.4 Å². The van der Waals surface area contributed by atoms with Crippen LogP contribution in [-0.2, 0) is 0 Å². The number of H-pyrrole nitrogens is 1. The largest absolute Gasteiger partial charge is 0.387 e. The number of hydrogen-bond donors (Lipinski definition) is 2. The van der Waals surface area contributed by atoms with Crippen molar-refractivity contribution in [3.8, 4) is 0 Å². The van der Waals surface area contributed by atoms with Gasteiger partial charge in [-0.1, -0.05) is 18.7 Å². The summed E-state index contributed by atoms with van der Waals surface area (Å²) in [6.07, 6.45) is 4.98. The number of aromatic nitrogens is 5. The van der Waals surface area contributed by atoms with Gasteiger partial charge in [0.05, 0.1) is 18.1 Å². The van der Waals surface area contributed by atoms with Crippen molar-refractivity contribution in [1.82, 2.24) is 24.9 Å². The molecular formula is C13H13N5OS. The van der Waals surface area contributed by atoms with Gasteiger partial charge in [0.25, 0.3) is 0 Å². The van der Waals surface area contributed by atoms with E-state index in [4.69, 9.17) is 0 Å². The van der Waals surface area contributed by atoms with E-state index in [0.717, 1.165) is 15.4 Å². The van der Waals surface area contributed by atoms with E-state index in [0.29, 0.717) is 17.8 Å². The van der Waals surface area contributed by atoms with Gasteiger partial charge >= 0.3 is 0 Å². The summed E-state index contributed by atoms with van der Waals surface area (Å²) in [6.45, 7) is 1.92. The molecule has 1 atom stereocenters. The Labute approximate surface area is 119 Å². The van der Waals surface area contributed by atoms with Gasteiger partial charge in [-0.2, -0.15) is 0 Å². The van der Waals surface area contributed by atoms with Crippen LogP contribution >= 0.6 is 11.8 Å². The summed E-state index contributed by atoms with van der Waals surface area (Å²) in [7, 11) is 0. The van der Waals surface area contributed by atoms with Crippen molar-refractivity contribution in [3.05, 3.63) is 36.7 Å². The Kier molecular flexibility index (Phi) is 3.62. The van der Waals surface area contributed by atoms with E-state index in [1.807, 2.05) is 19.1 Å². The summed E-state index contributed by atoms with van der Waals surface area (Å²) in [5.41, 5.74) is 2.15. The molecule has 1 unspecified atom stereocenters. The quantitative estimate of drug-likeness (QED) is 0.716. The maximum Gasteiger partial charge on any atom is 0.181 e. The van der Waals surface area contributed by atoms with E-state index < -0.39 is 6.10 Å². The third-order valence-electron chi connectivity index (χ3n) is 2.89. The minimum atomic E-state index is -0.507. The number of nitrogens with zero attached hydrogens (tertiary/aromatic N) is 4. The summed E-state index contributed by atoms with van der Waals surface area (Å²) in [5, 5.41) is 10.5.